The van der Waals surface area contributed by atoms with Crippen molar-refractivity contribution in [2.24, 2.45) is 5.41 Å². The van der Waals surface area contributed by atoms with E-state index in [0.717, 1.165) is 45.0 Å². The second-order valence-electron chi connectivity index (χ2n) is 5.77. The Morgan fingerprint density at radius 3 is 2.00 bits per heavy atom. The molecule has 0 bridgehead atoms. The summed E-state index contributed by atoms with van der Waals surface area (Å²) in [6.45, 7) is 9.40. The van der Waals surface area contributed by atoms with Crippen molar-refractivity contribution in [2.75, 3.05) is 52.8 Å². The van der Waals surface area contributed by atoms with Crippen LogP contribution in [0.15, 0.2) is 0 Å². The number of hydrogen-bond acceptors (Lipinski definition) is 4. The topological polar surface area (TPSA) is 21.7 Å². The quantitative estimate of drug-likeness (QED) is 0.392. The zero-order valence-corrected chi connectivity index (χ0v) is 14.9. The first-order chi connectivity index (χ1) is 9.67. The van der Waals surface area contributed by atoms with E-state index < -0.39 is 0 Å². The molecule has 0 aliphatic rings. The van der Waals surface area contributed by atoms with Gasteiger partial charge >= 0.3 is 0 Å². The molecular formula is C16H35NO2S. The molecule has 0 spiro atoms. The third-order valence-corrected chi connectivity index (χ3v) is 4.56. The second kappa shape index (κ2) is 12.9. The molecule has 0 rings (SSSR count). The molecule has 0 aromatic rings. The lowest BCUT2D eigenvalue weighted by Gasteiger charge is -2.37. The van der Waals surface area contributed by atoms with Crippen molar-refractivity contribution in [1.82, 2.24) is 4.90 Å². The van der Waals surface area contributed by atoms with Crippen LogP contribution in [0, 0.1) is 5.41 Å². The molecule has 0 aliphatic carbocycles. The Balaban J connectivity index is 4.57. The molecule has 122 valence electrons. The van der Waals surface area contributed by atoms with Gasteiger partial charge in [0, 0.05) is 40.5 Å². The summed E-state index contributed by atoms with van der Waals surface area (Å²) < 4.78 is 10.4. The lowest BCUT2D eigenvalue weighted by molar-refractivity contribution is 0.0942. The number of hydrogen-bond donors (Lipinski definition) is 1. The molecule has 0 saturated heterocycles. The predicted octanol–water partition coefficient (Wildman–Crippen LogP) is 3.49. The highest BCUT2D eigenvalue weighted by molar-refractivity contribution is 7.80. The maximum Gasteiger partial charge on any atom is 0.0589 e. The van der Waals surface area contributed by atoms with Gasteiger partial charge in [0.15, 0.2) is 0 Å². The number of thiol groups is 1. The number of nitrogens with zero attached hydrogens (tertiary/aromatic N) is 1. The van der Waals surface area contributed by atoms with E-state index in [0.29, 0.717) is 5.41 Å². The highest BCUT2D eigenvalue weighted by Gasteiger charge is 2.29. The van der Waals surface area contributed by atoms with Gasteiger partial charge in [0.05, 0.1) is 6.61 Å². The Morgan fingerprint density at radius 2 is 1.55 bits per heavy atom. The van der Waals surface area contributed by atoms with E-state index in [4.69, 9.17) is 9.47 Å². The minimum absolute atomic E-state index is 0.355. The van der Waals surface area contributed by atoms with E-state index in [1.807, 2.05) is 0 Å². The van der Waals surface area contributed by atoms with E-state index in [1.165, 1.54) is 25.7 Å². The van der Waals surface area contributed by atoms with Gasteiger partial charge in [-0.05, 0) is 30.4 Å². The molecule has 20 heavy (non-hydrogen) atoms. The van der Waals surface area contributed by atoms with Crippen LogP contribution in [0.25, 0.3) is 0 Å². The SMILES string of the molecule is CCCC(CS)(CCC)CN(CCCOC)CCOC. The van der Waals surface area contributed by atoms with Gasteiger partial charge in [-0.3, -0.25) is 0 Å². The maximum atomic E-state index is 5.25. The van der Waals surface area contributed by atoms with Gasteiger partial charge < -0.3 is 14.4 Å². The van der Waals surface area contributed by atoms with Gasteiger partial charge in [0.1, 0.15) is 0 Å². The third kappa shape index (κ3) is 8.50. The van der Waals surface area contributed by atoms with Crippen molar-refractivity contribution >= 4 is 12.6 Å². The summed E-state index contributed by atoms with van der Waals surface area (Å²) in [6.07, 6.45) is 6.07. The monoisotopic (exact) mass is 305 g/mol. The predicted molar refractivity (Wildman–Crippen MR) is 90.9 cm³/mol. The molecule has 0 aliphatic heterocycles. The zero-order chi connectivity index (χ0) is 15.3. The van der Waals surface area contributed by atoms with Crippen LogP contribution < -0.4 is 0 Å². The van der Waals surface area contributed by atoms with E-state index in [-0.39, 0.29) is 0 Å². The van der Waals surface area contributed by atoms with Gasteiger partial charge in [-0.2, -0.15) is 12.6 Å². The summed E-state index contributed by atoms with van der Waals surface area (Å²) >= 11 is 4.66. The second-order valence-corrected chi connectivity index (χ2v) is 6.09. The number of rotatable bonds is 14. The number of ether oxygens (including phenoxy) is 2. The van der Waals surface area contributed by atoms with Gasteiger partial charge in [-0.1, -0.05) is 26.7 Å². The fourth-order valence-electron chi connectivity index (χ4n) is 2.95. The molecule has 4 heteroatoms. The van der Waals surface area contributed by atoms with Crippen molar-refractivity contribution < 1.29 is 9.47 Å². The first kappa shape index (κ1) is 20.2. The molecule has 0 unspecified atom stereocenters. The fourth-order valence-corrected chi connectivity index (χ4v) is 3.37. The Labute approximate surface area is 131 Å². The highest BCUT2D eigenvalue weighted by atomic mass is 32.1. The van der Waals surface area contributed by atoms with Gasteiger partial charge in [-0.25, -0.2) is 0 Å². The highest BCUT2D eigenvalue weighted by Crippen LogP contribution is 2.32. The fraction of sp³-hybridized carbons (Fsp3) is 1.00. The summed E-state index contributed by atoms with van der Waals surface area (Å²) in [5.74, 6) is 0.975. The van der Waals surface area contributed by atoms with Crippen molar-refractivity contribution in [3.63, 3.8) is 0 Å². The smallest absolute Gasteiger partial charge is 0.0589 e. The van der Waals surface area contributed by atoms with Gasteiger partial charge in [0.25, 0.3) is 0 Å². The third-order valence-electron chi connectivity index (χ3n) is 3.89. The van der Waals surface area contributed by atoms with E-state index in [9.17, 15) is 0 Å². The van der Waals surface area contributed by atoms with Crippen LogP contribution in [0.3, 0.4) is 0 Å². The van der Waals surface area contributed by atoms with Crippen molar-refractivity contribution in [1.29, 1.82) is 0 Å². The molecule has 0 amide bonds. The summed E-state index contributed by atoms with van der Waals surface area (Å²) in [7, 11) is 3.54. The van der Waals surface area contributed by atoms with Crippen LogP contribution >= 0.6 is 12.6 Å². The van der Waals surface area contributed by atoms with Crippen molar-refractivity contribution in [3.05, 3.63) is 0 Å². The first-order valence-electron chi connectivity index (χ1n) is 7.99. The Kier molecular flexibility index (Phi) is 13.1. The summed E-state index contributed by atoms with van der Waals surface area (Å²) in [6, 6.07) is 0. The van der Waals surface area contributed by atoms with Gasteiger partial charge in [0.2, 0.25) is 0 Å². The summed E-state index contributed by atoms with van der Waals surface area (Å²) in [5.41, 5.74) is 0.355. The van der Waals surface area contributed by atoms with Crippen LogP contribution in [0.5, 0.6) is 0 Å². The molecule has 0 atom stereocenters. The largest absolute Gasteiger partial charge is 0.385 e. The maximum absolute atomic E-state index is 5.25. The standard InChI is InChI=1S/C16H35NO2S/c1-5-8-16(15-20,9-6-2)14-17(11-13-19-4)10-7-12-18-3/h20H,5-15H2,1-4H3. The number of methoxy groups -OCH3 is 2. The molecular weight excluding hydrogens is 270 g/mol. The molecule has 0 saturated carbocycles. The van der Waals surface area contributed by atoms with Crippen molar-refractivity contribution in [3.8, 4) is 0 Å². The van der Waals surface area contributed by atoms with Gasteiger partial charge in [-0.15, -0.1) is 0 Å². The molecule has 0 heterocycles. The average molecular weight is 306 g/mol. The van der Waals surface area contributed by atoms with E-state index >= 15 is 0 Å². The Bertz CT molecular complexity index is 209. The van der Waals surface area contributed by atoms with Crippen LogP contribution in [0.2, 0.25) is 0 Å². The molecule has 0 N–H and O–H groups in total. The summed E-state index contributed by atoms with van der Waals surface area (Å²) in [4.78, 5) is 2.53. The minimum Gasteiger partial charge on any atom is -0.385 e. The van der Waals surface area contributed by atoms with Crippen LogP contribution in [0.4, 0.5) is 0 Å². The minimum atomic E-state index is 0.355. The summed E-state index contributed by atoms with van der Waals surface area (Å²) in [5, 5.41) is 0. The van der Waals surface area contributed by atoms with E-state index in [2.05, 4.69) is 31.4 Å². The lowest BCUT2D eigenvalue weighted by Crippen LogP contribution is -2.41. The zero-order valence-electron chi connectivity index (χ0n) is 14.0. The molecule has 0 fully saturated rings. The molecule has 0 aromatic carbocycles. The van der Waals surface area contributed by atoms with Crippen LogP contribution in [0.1, 0.15) is 46.0 Å². The molecule has 3 nitrogen and oxygen atoms in total. The van der Waals surface area contributed by atoms with Crippen LogP contribution in [-0.4, -0.2) is 57.7 Å². The normalized spacial score (nSPS) is 12.3. The Hall–Kier alpha value is 0.230. The first-order valence-corrected chi connectivity index (χ1v) is 8.62. The Morgan fingerprint density at radius 1 is 0.950 bits per heavy atom. The lowest BCUT2D eigenvalue weighted by atomic mass is 9.80. The van der Waals surface area contributed by atoms with Crippen LogP contribution in [-0.2, 0) is 9.47 Å². The molecule has 0 aromatic heterocycles. The van der Waals surface area contributed by atoms with E-state index in [1.54, 1.807) is 14.2 Å². The average Bonchev–Trinajstić information content (AvgIpc) is 2.45. The van der Waals surface area contributed by atoms with Crippen molar-refractivity contribution in [2.45, 2.75) is 46.0 Å². The molecule has 0 radical (unpaired) electrons.